The zero-order valence-electron chi connectivity index (χ0n) is 19.8. The quantitative estimate of drug-likeness (QED) is 0.361. The van der Waals surface area contributed by atoms with E-state index in [2.05, 4.69) is 35.4 Å². The maximum atomic E-state index is 12.5. The molecule has 186 valence electrons. The van der Waals surface area contributed by atoms with Crippen LogP contribution < -0.4 is 10.1 Å². The lowest BCUT2D eigenvalue weighted by Gasteiger charge is -2.40. The number of rotatable bonds is 6. The number of hydrogen-bond acceptors (Lipinski definition) is 4. The van der Waals surface area contributed by atoms with Crippen LogP contribution in [0.4, 0.5) is 24.8 Å². The van der Waals surface area contributed by atoms with Crippen molar-refractivity contribution in [3.63, 3.8) is 0 Å². The number of halogens is 3. The molecule has 3 aromatic rings. The van der Waals surface area contributed by atoms with E-state index in [9.17, 15) is 18.0 Å². The fraction of sp³-hybridized carbons (Fsp3) is 0.385. The maximum Gasteiger partial charge on any atom is 0.573 e. The zero-order chi connectivity index (χ0) is 25.4. The summed E-state index contributed by atoms with van der Waals surface area (Å²) >= 11 is 0. The van der Waals surface area contributed by atoms with Gasteiger partial charge in [0.2, 0.25) is 5.95 Å². The SMILES string of the molecule is C[C@H]1C[C@@H](n2c(Nc3ccc(OC(F)(F)F)cc3)nc3cc(C=CC(=O)O)ccc32)CC(C)(C)C1. The second-order valence-corrected chi connectivity index (χ2v) is 9.99. The van der Waals surface area contributed by atoms with Crippen molar-refractivity contribution >= 4 is 34.7 Å². The van der Waals surface area contributed by atoms with Gasteiger partial charge in [0.15, 0.2) is 0 Å². The molecule has 0 radical (unpaired) electrons. The van der Waals surface area contributed by atoms with Crippen LogP contribution in [0.25, 0.3) is 17.1 Å². The van der Waals surface area contributed by atoms with E-state index in [4.69, 9.17) is 10.1 Å². The largest absolute Gasteiger partial charge is 0.573 e. The van der Waals surface area contributed by atoms with Gasteiger partial charge in [-0.3, -0.25) is 0 Å². The van der Waals surface area contributed by atoms with E-state index in [0.29, 0.717) is 28.6 Å². The van der Waals surface area contributed by atoms with E-state index in [0.717, 1.165) is 30.9 Å². The molecule has 0 bridgehead atoms. The predicted molar refractivity (Wildman–Crippen MR) is 129 cm³/mol. The van der Waals surface area contributed by atoms with E-state index < -0.39 is 12.3 Å². The summed E-state index contributed by atoms with van der Waals surface area (Å²) in [6.45, 7) is 6.76. The van der Waals surface area contributed by atoms with Crippen LogP contribution in [0.5, 0.6) is 5.75 Å². The highest BCUT2D eigenvalue weighted by atomic mass is 19.4. The molecule has 6 nitrogen and oxygen atoms in total. The normalized spacial score (nSPS) is 20.3. The molecule has 2 N–H and O–H groups in total. The van der Waals surface area contributed by atoms with Crippen molar-refractivity contribution in [2.24, 2.45) is 11.3 Å². The summed E-state index contributed by atoms with van der Waals surface area (Å²) in [5, 5.41) is 12.2. The third kappa shape index (κ3) is 6.15. The molecule has 0 aliphatic heterocycles. The minimum Gasteiger partial charge on any atom is -0.478 e. The molecule has 1 saturated carbocycles. The van der Waals surface area contributed by atoms with Crippen LogP contribution >= 0.6 is 0 Å². The van der Waals surface area contributed by atoms with Crippen LogP contribution in [0, 0.1) is 11.3 Å². The number of carboxylic acids is 1. The Hall–Kier alpha value is -3.49. The Morgan fingerprint density at radius 2 is 1.91 bits per heavy atom. The Balaban J connectivity index is 1.73. The lowest BCUT2D eigenvalue weighted by Crippen LogP contribution is -2.29. The minimum atomic E-state index is -4.75. The highest BCUT2D eigenvalue weighted by molar-refractivity contribution is 5.87. The summed E-state index contributed by atoms with van der Waals surface area (Å²) in [5.41, 5.74) is 3.05. The summed E-state index contributed by atoms with van der Waals surface area (Å²) in [6, 6.07) is 11.3. The van der Waals surface area contributed by atoms with Gasteiger partial charge < -0.3 is 19.7 Å². The fourth-order valence-corrected chi connectivity index (χ4v) is 5.21. The van der Waals surface area contributed by atoms with Gasteiger partial charge in [-0.1, -0.05) is 26.8 Å². The number of nitrogens with one attached hydrogen (secondary N) is 1. The van der Waals surface area contributed by atoms with Crippen molar-refractivity contribution in [2.45, 2.75) is 52.4 Å². The van der Waals surface area contributed by atoms with Gasteiger partial charge in [-0.05, 0) is 78.6 Å². The molecule has 4 rings (SSSR count). The van der Waals surface area contributed by atoms with Crippen LogP contribution in [0.15, 0.2) is 48.5 Å². The number of hydrogen-bond donors (Lipinski definition) is 2. The van der Waals surface area contributed by atoms with Gasteiger partial charge in [0, 0.05) is 17.8 Å². The van der Waals surface area contributed by atoms with Crippen molar-refractivity contribution < 1.29 is 27.8 Å². The molecule has 1 fully saturated rings. The smallest absolute Gasteiger partial charge is 0.478 e. The Labute approximate surface area is 201 Å². The van der Waals surface area contributed by atoms with Gasteiger partial charge >= 0.3 is 12.3 Å². The average Bonchev–Trinajstić information content (AvgIpc) is 3.08. The molecule has 1 aliphatic carbocycles. The number of anilines is 2. The lowest BCUT2D eigenvalue weighted by atomic mass is 9.70. The van der Waals surface area contributed by atoms with Crippen molar-refractivity contribution in [3.05, 3.63) is 54.1 Å². The van der Waals surface area contributed by atoms with E-state index >= 15 is 0 Å². The number of nitrogens with zero attached hydrogens (tertiary/aromatic N) is 2. The molecule has 9 heteroatoms. The number of imidazole rings is 1. The van der Waals surface area contributed by atoms with E-state index in [-0.39, 0.29) is 17.2 Å². The van der Waals surface area contributed by atoms with Crippen LogP contribution in [0.1, 0.15) is 51.6 Å². The number of benzene rings is 2. The molecule has 0 spiro atoms. The highest BCUT2D eigenvalue weighted by Gasteiger charge is 2.35. The van der Waals surface area contributed by atoms with E-state index in [1.807, 2.05) is 18.2 Å². The number of fused-ring (bicyclic) bond motifs is 1. The number of carbonyl (C=O) groups is 1. The fourth-order valence-electron chi connectivity index (χ4n) is 5.21. The van der Waals surface area contributed by atoms with Gasteiger partial charge in [-0.25, -0.2) is 9.78 Å². The topological polar surface area (TPSA) is 76.4 Å². The first-order chi connectivity index (χ1) is 16.4. The zero-order valence-corrected chi connectivity index (χ0v) is 19.8. The Bertz CT molecular complexity index is 1250. The first kappa shape index (κ1) is 24.6. The molecular weight excluding hydrogens is 459 g/mol. The van der Waals surface area contributed by atoms with Crippen LogP contribution in [-0.4, -0.2) is 27.0 Å². The number of ether oxygens (including phenoxy) is 1. The second-order valence-electron chi connectivity index (χ2n) is 9.99. The van der Waals surface area contributed by atoms with Gasteiger partial charge in [0.05, 0.1) is 11.0 Å². The number of alkyl halides is 3. The Morgan fingerprint density at radius 3 is 2.54 bits per heavy atom. The molecule has 1 aromatic heterocycles. The first-order valence-electron chi connectivity index (χ1n) is 11.4. The molecule has 1 aliphatic rings. The molecule has 35 heavy (non-hydrogen) atoms. The van der Waals surface area contributed by atoms with Crippen molar-refractivity contribution in [3.8, 4) is 5.75 Å². The molecule has 0 unspecified atom stereocenters. The van der Waals surface area contributed by atoms with Crippen LogP contribution in [0.3, 0.4) is 0 Å². The van der Waals surface area contributed by atoms with Gasteiger partial charge in [-0.2, -0.15) is 0 Å². The molecule has 0 saturated heterocycles. The Kier molecular flexibility index (Phi) is 6.53. The average molecular weight is 488 g/mol. The highest BCUT2D eigenvalue weighted by Crippen LogP contribution is 2.46. The first-order valence-corrected chi connectivity index (χ1v) is 11.4. The van der Waals surface area contributed by atoms with Crippen molar-refractivity contribution in [2.75, 3.05) is 5.32 Å². The number of aromatic nitrogens is 2. The summed E-state index contributed by atoms with van der Waals surface area (Å²) in [5.74, 6) is -0.229. The van der Waals surface area contributed by atoms with Gasteiger partial charge in [0.25, 0.3) is 0 Å². The van der Waals surface area contributed by atoms with Crippen molar-refractivity contribution in [1.29, 1.82) is 0 Å². The standard InChI is InChI=1S/C26H28F3N3O3/c1-16-12-19(15-25(2,3)14-16)32-22-10-4-17(5-11-23(33)34)13-21(22)31-24(32)30-18-6-8-20(9-7-18)35-26(27,28)29/h4-11,13,16,19H,12,14-15H2,1-3H3,(H,30,31)(H,33,34)/t16-,19+/m0/s1. The Morgan fingerprint density at radius 1 is 1.20 bits per heavy atom. The summed E-state index contributed by atoms with van der Waals surface area (Å²) in [4.78, 5) is 15.7. The lowest BCUT2D eigenvalue weighted by molar-refractivity contribution is -0.274. The van der Waals surface area contributed by atoms with Crippen molar-refractivity contribution in [1.82, 2.24) is 9.55 Å². The molecule has 0 amide bonds. The summed E-state index contributed by atoms with van der Waals surface area (Å²) in [6.07, 6.45) is 0.898. The maximum absolute atomic E-state index is 12.5. The number of aliphatic carboxylic acids is 1. The molecule has 2 atom stereocenters. The van der Waals surface area contributed by atoms with Gasteiger partial charge in [-0.15, -0.1) is 13.2 Å². The monoisotopic (exact) mass is 487 g/mol. The summed E-state index contributed by atoms with van der Waals surface area (Å²) < 4.78 is 43.6. The third-order valence-electron chi connectivity index (χ3n) is 6.20. The number of carboxylic acid groups (broad SMARTS) is 1. The molecule has 1 heterocycles. The van der Waals surface area contributed by atoms with Crippen LogP contribution in [-0.2, 0) is 4.79 Å². The van der Waals surface area contributed by atoms with E-state index in [1.54, 1.807) is 0 Å². The minimum absolute atomic E-state index is 0.150. The third-order valence-corrected chi connectivity index (χ3v) is 6.20. The summed E-state index contributed by atoms with van der Waals surface area (Å²) in [7, 11) is 0. The van der Waals surface area contributed by atoms with E-state index in [1.165, 1.54) is 30.3 Å². The van der Waals surface area contributed by atoms with Gasteiger partial charge in [0.1, 0.15) is 5.75 Å². The molecular formula is C26H28F3N3O3. The predicted octanol–water partition coefficient (Wildman–Crippen LogP) is 7.16. The van der Waals surface area contributed by atoms with Crippen LogP contribution in [0.2, 0.25) is 0 Å². The molecule has 2 aromatic carbocycles. The second kappa shape index (κ2) is 9.28.